The van der Waals surface area contributed by atoms with Crippen molar-refractivity contribution in [2.75, 3.05) is 0 Å². The van der Waals surface area contributed by atoms with Crippen molar-refractivity contribution in [3.63, 3.8) is 0 Å². The third-order valence-electron chi connectivity index (χ3n) is 6.11. The highest BCUT2D eigenvalue weighted by Crippen LogP contribution is 2.39. The molecule has 0 radical (unpaired) electrons. The molecule has 0 amide bonds. The van der Waals surface area contributed by atoms with Crippen molar-refractivity contribution in [3.05, 3.63) is 46.5 Å². The maximum absolute atomic E-state index is 14.6. The van der Waals surface area contributed by atoms with Crippen LogP contribution in [0.15, 0.2) is 23.7 Å². The zero-order valence-electron chi connectivity index (χ0n) is 16.8. The van der Waals surface area contributed by atoms with Gasteiger partial charge in [-0.3, -0.25) is 0 Å². The number of rotatable bonds is 11. The molecule has 0 atom stereocenters. The zero-order valence-corrected chi connectivity index (χ0v) is 17.5. The summed E-state index contributed by atoms with van der Waals surface area (Å²) in [5, 5.41) is 0. The van der Waals surface area contributed by atoms with Crippen LogP contribution in [0.3, 0.4) is 0 Å². The van der Waals surface area contributed by atoms with Crippen LogP contribution in [-0.2, 0) is 6.42 Å². The molecule has 0 nitrogen and oxygen atoms in total. The minimum Gasteiger partial charge on any atom is -0.203 e. The Balaban J connectivity index is 1.79. The molecule has 0 unspecified atom stereocenters. The van der Waals surface area contributed by atoms with Crippen LogP contribution in [0.25, 0.3) is 0 Å². The van der Waals surface area contributed by atoms with Gasteiger partial charge in [-0.2, -0.15) is 0 Å². The van der Waals surface area contributed by atoms with E-state index in [2.05, 4.69) is 6.92 Å². The van der Waals surface area contributed by atoms with Gasteiger partial charge in [0.25, 0.3) is 0 Å². The number of hydrogen-bond donors (Lipinski definition) is 0. The molecule has 0 bridgehead atoms. The standard InChI is InChI=1S/C24H35ClF2/c1-2-3-4-5-6-7-10-19-12-14-20(15-13-19)22-17-16-21(11-8-9-18-25)23(26)24(22)27/h9,16-20H,2-8,10-15H2,1H3. The lowest BCUT2D eigenvalue weighted by Gasteiger charge is -2.29. The number of unbranched alkanes of at least 4 members (excludes halogenated alkanes) is 5. The lowest BCUT2D eigenvalue weighted by molar-refractivity contribution is 0.296. The fraction of sp³-hybridized carbons (Fsp3) is 0.667. The second-order valence-corrected chi connectivity index (χ2v) is 8.37. The van der Waals surface area contributed by atoms with Gasteiger partial charge in [-0.25, -0.2) is 8.78 Å². The summed E-state index contributed by atoms with van der Waals surface area (Å²) in [7, 11) is 0. The van der Waals surface area contributed by atoms with E-state index in [9.17, 15) is 8.78 Å². The van der Waals surface area contributed by atoms with Gasteiger partial charge in [0.2, 0.25) is 0 Å². The van der Waals surface area contributed by atoms with E-state index in [4.69, 9.17) is 11.6 Å². The highest BCUT2D eigenvalue weighted by Gasteiger charge is 2.26. The van der Waals surface area contributed by atoms with Crippen LogP contribution < -0.4 is 0 Å². The molecule has 0 aliphatic heterocycles. The van der Waals surface area contributed by atoms with Crippen LogP contribution in [0.4, 0.5) is 8.78 Å². The minimum atomic E-state index is -0.662. The number of halogens is 3. The summed E-state index contributed by atoms with van der Waals surface area (Å²) >= 11 is 5.49. The average Bonchev–Trinajstić information content (AvgIpc) is 2.69. The summed E-state index contributed by atoms with van der Waals surface area (Å²) in [5.41, 5.74) is 2.46. The summed E-state index contributed by atoms with van der Waals surface area (Å²) in [4.78, 5) is 0. The van der Waals surface area contributed by atoms with Gasteiger partial charge in [0.1, 0.15) is 0 Å². The van der Waals surface area contributed by atoms with Gasteiger partial charge in [0, 0.05) is 5.54 Å². The van der Waals surface area contributed by atoms with E-state index in [1.54, 1.807) is 12.1 Å². The number of aryl methyl sites for hydroxylation is 1. The van der Waals surface area contributed by atoms with E-state index >= 15 is 0 Å². The molecule has 1 aliphatic carbocycles. The predicted molar refractivity (Wildman–Crippen MR) is 112 cm³/mol. The molecule has 0 saturated heterocycles. The van der Waals surface area contributed by atoms with Crippen molar-refractivity contribution < 1.29 is 8.78 Å². The van der Waals surface area contributed by atoms with Crippen LogP contribution in [0.1, 0.15) is 101 Å². The number of hydrogen-bond acceptors (Lipinski definition) is 0. The molecule has 1 aromatic rings. The summed E-state index contributed by atoms with van der Waals surface area (Å²) in [5.74, 6) is -0.328. The van der Waals surface area contributed by atoms with Crippen molar-refractivity contribution in [3.8, 4) is 0 Å². The van der Waals surface area contributed by atoms with Gasteiger partial charge >= 0.3 is 0 Å². The van der Waals surface area contributed by atoms with Crippen molar-refractivity contribution in [1.29, 1.82) is 0 Å². The second-order valence-electron chi connectivity index (χ2n) is 8.12. The average molecular weight is 397 g/mol. The van der Waals surface area contributed by atoms with E-state index in [-0.39, 0.29) is 5.92 Å². The molecule has 3 heteroatoms. The quantitative estimate of drug-likeness (QED) is 0.328. The van der Waals surface area contributed by atoms with E-state index in [1.807, 2.05) is 6.07 Å². The third-order valence-corrected chi connectivity index (χ3v) is 6.29. The molecule has 1 aliphatic rings. The Kier molecular flexibility index (Phi) is 10.4. The topological polar surface area (TPSA) is 0 Å². The monoisotopic (exact) mass is 396 g/mol. The number of allylic oxidation sites excluding steroid dienone is 1. The molecular weight excluding hydrogens is 362 g/mol. The Morgan fingerprint density at radius 2 is 1.67 bits per heavy atom. The van der Waals surface area contributed by atoms with Crippen molar-refractivity contribution in [2.45, 2.75) is 96.3 Å². The lowest BCUT2D eigenvalue weighted by Crippen LogP contribution is -2.15. The first-order chi connectivity index (χ1) is 13.2. The van der Waals surface area contributed by atoms with Crippen molar-refractivity contribution >= 4 is 11.6 Å². The molecule has 0 heterocycles. The first-order valence-corrected chi connectivity index (χ1v) is 11.3. The van der Waals surface area contributed by atoms with E-state index in [1.165, 1.54) is 50.5 Å². The van der Waals surface area contributed by atoms with E-state index in [0.717, 1.165) is 31.6 Å². The Hall–Kier alpha value is -0.890. The molecule has 2 rings (SSSR count). The molecular formula is C24H35ClF2. The molecule has 27 heavy (non-hydrogen) atoms. The van der Waals surface area contributed by atoms with Gasteiger partial charge in [0.05, 0.1) is 0 Å². The SMILES string of the molecule is CCCCCCCCC1CCC(c2ccc(CCC=CCl)c(F)c2F)CC1. The predicted octanol–water partition coefficient (Wildman–Crippen LogP) is 8.67. The highest BCUT2D eigenvalue weighted by molar-refractivity contribution is 6.25. The molecule has 0 N–H and O–H groups in total. The third kappa shape index (κ3) is 7.22. The molecule has 1 saturated carbocycles. The van der Waals surface area contributed by atoms with Crippen LogP contribution >= 0.6 is 11.6 Å². The Morgan fingerprint density at radius 3 is 2.37 bits per heavy atom. The summed E-state index contributed by atoms with van der Waals surface area (Å²) in [6.45, 7) is 2.25. The van der Waals surface area contributed by atoms with Gasteiger partial charge in [-0.05, 0) is 61.5 Å². The van der Waals surface area contributed by atoms with Gasteiger partial charge < -0.3 is 0 Å². The van der Waals surface area contributed by atoms with E-state index < -0.39 is 11.6 Å². The fourth-order valence-corrected chi connectivity index (χ4v) is 4.52. The van der Waals surface area contributed by atoms with Crippen LogP contribution in [-0.4, -0.2) is 0 Å². The molecule has 0 spiro atoms. The Labute approximate surface area is 169 Å². The Bertz CT molecular complexity index is 574. The van der Waals surface area contributed by atoms with Crippen molar-refractivity contribution in [2.24, 2.45) is 5.92 Å². The molecule has 1 aromatic carbocycles. The van der Waals surface area contributed by atoms with Gasteiger partial charge in [0.15, 0.2) is 11.6 Å². The highest BCUT2D eigenvalue weighted by atomic mass is 35.5. The smallest absolute Gasteiger partial charge is 0.162 e. The first-order valence-electron chi connectivity index (χ1n) is 10.9. The maximum atomic E-state index is 14.6. The zero-order chi connectivity index (χ0) is 19.5. The Morgan fingerprint density at radius 1 is 0.963 bits per heavy atom. The summed E-state index contributed by atoms with van der Waals surface area (Å²) in [6, 6.07) is 3.58. The van der Waals surface area contributed by atoms with E-state index in [0.29, 0.717) is 24.0 Å². The summed E-state index contributed by atoms with van der Waals surface area (Å²) in [6.07, 6.45) is 16.5. The van der Waals surface area contributed by atoms with Crippen LogP contribution in [0.2, 0.25) is 0 Å². The lowest BCUT2D eigenvalue weighted by atomic mass is 9.76. The van der Waals surface area contributed by atoms with Gasteiger partial charge in [-0.15, -0.1) is 0 Å². The van der Waals surface area contributed by atoms with Crippen LogP contribution in [0, 0.1) is 17.6 Å². The largest absolute Gasteiger partial charge is 0.203 e. The molecule has 1 fully saturated rings. The second kappa shape index (κ2) is 12.5. The van der Waals surface area contributed by atoms with Gasteiger partial charge in [-0.1, -0.05) is 81.7 Å². The van der Waals surface area contributed by atoms with Crippen molar-refractivity contribution in [1.82, 2.24) is 0 Å². The normalized spacial score (nSPS) is 20.4. The molecule has 152 valence electrons. The minimum absolute atomic E-state index is 0.178. The maximum Gasteiger partial charge on any atom is 0.162 e. The fourth-order valence-electron chi connectivity index (χ4n) is 4.39. The number of benzene rings is 1. The summed E-state index contributed by atoms with van der Waals surface area (Å²) < 4.78 is 29.0. The van der Waals surface area contributed by atoms with Crippen LogP contribution in [0.5, 0.6) is 0 Å². The first kappa shape index (κ1) is 22.4. The molecule has 0 aromatic heterocycles.